The van der Waals surface area contributed by atoms with Gasteiger partial charge in [0.1, 0.15) is 23.6 Å². The topological polar surface area (TPSA) is 110 Å². The van der Waals surface area contributed by atoms with Crippen LogP contribution in [0.15, 0.2) is 41.9 Å². The van der Waals surface area contributed by atoms with Crippen molar-refractivity contribution in [2.75, 3.05) is 11.6 Å². The van der Waals surface area contributed by atoms with Gasteiger partial charge in [-0.1, -0.05) is 6.07 Å². The summed E-state index contributed by atoms with van der Waals surface area (Å²) in [7, 11) is 0. The van der Waals surface area contributed by atoms with Crippen molar-refractivity contribution in [3.63, 3.8) is 0 Å². The van der Waals surface area contributed by atoms with Crippen molar-refractivity contribution in [1.29, 1.82) is 5.26 Å². The monoisotopic (exact) mass is 310 g/mol. The number of fused-ring (bicyclic) bond motifs is 1. The van der Waals surface area contributed by atoms with Crippen LogP contribution in [0, 0.1) is 11.3 Å². The molecule has 8 heteroatoms. The smallest absolute Gasteiger partial charge is 0.343 e. The molecule has 7 nitrogen and oxygen atoms in total. The first kappa shape index (κ1) is 14.2. The number of hydrogen-bond acceptors (Lipinski definition) is 7. The fourth-order valence-electron chi connectivity index (χ4n) is 1.87. The van der Waals surface area contributed by atoms with Gasteiger partial charge < -0.3 is 9.87 Å². The molecule has 2 heterocycles. The highest BCUT2D eigenvalue weighted by Crippen LogP contribution is 2.22. The summed E-state index contributed by atoms with van der Waals surface area (Å²) in [5, 5.41) is 12.3. The summed E-state index contributed by atoms with van der Waals surface area (Å²) >= 11 is -1.29. The third-order valence-electron chi connectivity index (χ3n) is 2.87. The van der Waals surface area contributed by atoms with E-state index in [0.29, 0.717) is 28.1 Å². The van der Waals surface area contributed by atoms with Crippen LogP contribution >= 0.6 is 0 Å². The first-order valence-corrected chi connectivity index (χ1v) is 7.81. The van der Waals surface area contributed by atoms with Gasteiger partial charge in [-0.25, -0.2) is 9.97 Å². The van der Waals surface area contributed by atoms with E-state index in [0.717, 1.165) is 0 Å². The summed E-state index contributed by atoms with van der Waals surface area (Å²) in [6, 6.07) is 9.07. The van der Waals surface area contributed by atoms with E-state index in [4.69, 9.17) is 5.26 Å². The molecular formula is C14H10N6OS. The number of rotatable bonds is 3. The molecule has 2 aromatic heterocycles. The molecule has 0 aliphatic rings. The second-order valence-corrected chi connectivity index (χ2v) is 5.65. The number of nitrogens with zero attached hydrogens (tertiary/aromatic N) is 5. The number of nitriles is 1. The van der Waals surface area contributed by atoms with Crippen LogP contribution in [0.2, 0.25) is 0 Å². The van der Waals surface area contributed by atoms with Crippen LogP contribution < -0.4 is 5.32 Å². The van der Waals surface area contributed by atoms with Gasteiger partial charge in [-0.2, -0.15) is 15.2 Å². The van der Waals surface area contributed by atoms with E-state index in [1.807, 2.05) is 6.07 Å². The van der Waals surface area contributed by atoms with E-state index in [2.05, 4.69) is 31.3 Å². The lowest BCUT2D eigenvalue weighted by molar-refractivity contribution is 0.592. The van der Waals surface area contributed by atoms with Crippen molar-refractivity contribution in [2.24, 2.45) is 0 Å². The van der Waals surface area contributed by atoms with Gasteiger partial charge in [-0.05, 0) is 18.2 Å². The molecule has 1 unspecified atom stereocenters. The fraction of sp³-hybridized carbons (Fsp3) is 0.0714. The minimum atomic E-state index is -1.29. The van der Waals surface area contributed by atoms with Gasteiger partial charge >= 0.3 is 5.16 Å². The number of hydrogen-bond donors (Lipinski definition) is 1. The number of anilines is 2. The molecule has 0 fully saturated rings. The molecule has 3 rings (SSSR count). The summed E-state index contributed by atoms with van der Waals surface area (Å²) in [5.74, 6) is 0.467. The minimum absolute atomic E-state index is 0.219. The molecule has 0 spiro atoms. The first-order valence-electron chi connectivity index (χ1n) is 6.26. The Labute approximate surface area is 129 Å². The Morgan fingerprint density at radius 2 is 2.14 bits per heavy atom. The molecule has 0 aliphatic heterocycles. The van der Waals surface area contributed by atoms with Crippen molar-refractivity contribution >= 4 is 33.7 Å². The van der Waals surface area contributed by atoms with E-state index in [1.165, 1.54) is 18.8 Å². The van der Waals surface area contributed by atoms with Crippen LogP contribution in [-0.2, 0) is 11.2 Å². The number of aromatic nitrogens is 4. The van der Waals surface area contributed by atoms with Crippen molar-refractivity contribution in [2.45, 2.75) is 5.16 Å². The third-order valence-corrected chi connectivity index (χ3v) is 3.58. The van der Waals surface area contributed by atoms with Crippen LogP contribution in [-0.4, -0.2) is 30.7 Å². The van der Waals surface area contributed by atoms with Gasteiger partial charge in [0.2, 0.25) is 0 Å². The largest absolute Gasteiger partial charge is 0.609 e. The SMILES string of the molecule is C[S+]([O-])c1ncc2ncnc(Nc3cccc(C#N)c3)c2n1. The summed E-state index contributed by atoms with van der Waals surface area (Å²) in [4.78, 5) is 16.5. The first-order chi connectivity index (χ1) is 10.7. The Bertz CT molecular complexity index is 877. The molecule has 1 atom stereocenters. The van der Waals surface area contributed by atoms with E-state index < -0.39 is 11.2 Å². The van der Waals surface area contributed by atoms with Crippen LogP contribution in [0.3, 0.4) is 0 Å². The number of benzene rings is 1. The molecule has 0 bridgehead atoms. The average molecular weight is 310 g/mol. The average Bonchev–Trinajstić information content (AvgIpc) is 2.55. The summed E-state index contributed by atoms with van der Waals surface area (Å²) in [6.07, 6.45) is 4.41. The Balaban J connectivity index is 2.06. The molecule has 0 amide bonds. The highest BCUT2D eigenvalue weighted by molar-refractivity contribution is 7.90. The van der Waals surface area contributed by atoms with Gasteiger partial charge in [0, 0.05) is 16.9 Å². The van der Waals surface area contributed by atoms with Crippen molar-refractivity contribution in [1.82, 2.24) is 19.9 Å². The molecule has 0 saturated carbocycles. The van der Waals surface area contributed by atoms with Crippen molar-refractivity contribution in [3.05, 3.63) is 42.4 Å². The predicted molar refractivity (Wildman–Crippen MR) is 81.9 cm³/mol. The summed E-state index contributed by atoms with van der Waals surface area (Å²) < 4.78 is 11.5. The quantitative estimate of drug-likeness (QED) is 0.579. The maximum absolute atomic E-state index is 11.5. The second kappa shape index (κ2) is 5.93. The van der Waals surface area contributed by atoms with E-state index in [1.54, 1.807) is 18.2 Å². The van der Waals surface area contributed by atoms with Crippen LogP contribution in [0.1, 0.15) is 5.56 Å². The van der Waals surface area contributed by atoms with E-state index in [9.17, 15) is 4.55 Å². The molecule has 22 heavy (non-hydrogen) atoms. The minimum Gasteiger partial charge on any atom is -0.609 e. The predicted octanol–water partition coefficient (Wildman–Crippen LogP) is 1.77. The molecule has 0 aliphatic carbocycles. The fourth-order valence-corrected chi connectivity index (χ4v) is 2.29. The van der Waals surface area contributed by atoms with Crippen molar-refractivity contribution in [3.8, 4) is 6.07 Å². The summed E-state index contributed by atoms with van der Waals surface area (Å²) in [5.41, 5.74) is 2.26. The van der Waals surface area contributed by atoms with Gasteiger partial charge in [0.25, 0.3) is 0 Å². The molecular weight excluding hydrogens is 300 g/mol. The molecule has 108 valence electrons. The molecule has 0 saturated heterocycles. The Hall–Kier alpha value is -2.76. The number of nitrogens with one attached hydrogen (secondary N) is 1. The Kier molecular flexibility index (Phi) is 3.82. The van der Waals surface area contributed by atoms with Gasteiger partial charge in [0.05, 0.1) is 17.8 Å². The van der Waals surface area contributed by atoms with Crippen LogP contribution in [0.4, 0.5) is 11.5 Å². The molecule has 3 aromatic rings. The molecule has 1 aromatic carbocycles. The maximum Gasteiger partial charge on any atom is 0.343 e. The van der Waals surface area contributed by atoms with Gasteiger partial charge in [-0.15, -0.1) is 0 Å². The lowest BCUT2D eigenvalue weighted by Gasteiger charge is -2.08. The highest BCUT2D eigenvalue weighted by atomic mass is 32.2. The third kappa shape index (κ3) is 2.81. The zero-order chi connectivity index (χ0) is 15.5. The van der Waals surface area contributed by atoms with Gasteiger partial charge in [0.15, 0.2) is 5.82 Å². The Morgan fingerprint density at radius 3 is 2.91 bits per heavy atom. The zero-order valence-electron chi connectivity index (χ0n) is 11.5. The lowest BCUT2D eigenvalue weighted by Crippen LogP contribution is -2.06. The van der Waals surface area contributed by atoms with E-state index >= 15 is 0 Å². The lowest BCUT2D eigenvalue weighted by atomic mass is 10.2. The van der Waals surface area contributed by atoms with Crippen LogP contribution in [0.5, 0.6) is 0 Å². The van der Waals surface area contributed by atoms with E-state index in [-0.39, 0.29) is 5.16 Å². The normalized spacial score (nSPS) is 11.9. The van der Waals surface area contributed by atoms with Crippen molar-refractivity contribution < 1.29 is 4.55 Å². The Morgan fingerprint density at radius 1 is 1.27 bits per heavy atom. The maximum atomic E-state index is 11.5. The zero-order valence-corrected chi connectivity index (χ0v) is 12.3. The standard InChI is InChI=1S/C14H10N6OS/c1-22(21)14-16-7-11-12(20-14)13(18-8-17-11)19-10-4-2-3-9(5-10)6-15/h2-5,7-8H,1H3,(H,17,18,19). The molecule has 1 N–H and O–H groups in total. The van der Waals surface area contributed by atoms with Gasteiger partial charge in [-0.3, -0.25) is 0 Å². The highest BCUT2D eigenvalue weighted by Gasteiger charge is 2.13. The van der Waals surface area contributed by atoms with Crippen LogP contribution in [0.25, 0.3) is 11.0 Å². The second-order valence-electron chi connectivity index (χ2n) is 4.38. The molecule has 0 radical (unpaired) electrons. The summed E-state index contributed by atoms with van der Waals surface area (Å²) in [6.45, 7) is 0.